The Hall–Kier alpha value is -3.16. The van der Waals surface area contributed by atoms with Crippen LogP contribution in [0.5, 0.6) is 5.75 Å². The number of nitrogens with one attached hydrogen (secondary N) is 1. The minimum Gasteiger partial charge on any atom is -0.494 e. The molecular weight excluding hydrogens is 315 g/mol. The van der Waals surface area contributed by atoms with E-state index in [1.807, 2.05) is 0 Å². The summed E-state index contributed by atoms with van der Waals surface area (Å²) in [6.07, 6.45) is 1.66. The van der Waals surface area contributed by atoms with E-state index in [1.165, 1.54) is 34.4 Å². The Morgan fingerprint density at radius 3 is 2.92 bits per heavy atom. The number of hydrogen-bond donors (Lipinski definition) is 1. The number of anilines is 1. The predicted octanol–water partition coefficient (Wildman–Crippen LogP) is 1.67. The molecule has 3 aromatic rings. The van der Waals surface area contributed by atoms with Crippen LogP contribution in [0.1, 0.15) is 6.42 Å². The zero-order chi connectivity index (χ0) is 17.1. The summed E-state index contributed by atoms with van der Waals surface area (Å²) in [6, 6.07) is 9.05. The summed E-state index contributed by atoms with van der Waals surface area (Å²) < 4.78 is 20.8. The van der Waals surface area contributed by atoms with Crippen molar-refractivity contribution in [3.8, 4) is 5.75 Å². The number of pyridine rings is 1. The summed E-state index contributed by atoms with van der Waals surface area (Å²) in [5, 5.41) is 6.78. The second-order valence-electron chi connectivity index (χ2n) is 5.08. The normalized spacial score (nSPS) is 10.8. The van der Waals surface area contributed by atoms with E-state index in [4.69, 9.17) is 4.74 Å². The van der Waals surface area contributed by atoms with Gasteiger partial charge in [-0.25, -0.2) is 13.9 Å². The second kappa shape index (κ2) is 6.53. The molecule has 8 heteroatoms. The zero-order valence-electron chi connectivity index (χ0n) is 12.9. The maximum atomic E-state index is 13.1. The maximum Gasteiger partial charge on any atom is 0.350 e. The molecule has 0 unspecified atom stereocenters. The predicted molar refractivity (Wildman–Crippen MR) is 85.7 cm³/mol. The minimum atomic E-state index is -0.457. The topological polar surface area (TPSA) is 77.6 Å². The Kier molecular flexibility index (Phi) is 4.28. The Labute approximate surface area is 136 Å². The molecule has 7 nitrogen and oxygen atoms in total. The zero-order valence-corrected chi connectivity index (χ0v) is 12.9. The molecule has 1 amide bonds. The number of fused-ring (bicyclic) bond motifs is 1. The molecule has 1 N–H and O–H groups in total. The highest BCUT2D eigenvalue weighted by molar-refractivity contribution is 5.92. The van der Waals surface area contributed by atoms with Crippen LogP contribution in [0.25, 0.3) is 5.65 Å². The molecule has 0 spiro atoms. The van der Waals surface area contributed by atoms with Crippen molar-refractivity contribution in [1.82, 2.24) is 14.2 Å². The van der Waals surface area contributed by atoms with Crippen LogP contribution in [0.2, 0.25) is 0 Å². The lowest BCUT2D eigenvalue weighted by Gasteiger charge is -2.10. The largest absolute Gasteiger partial charge is 0.494 e. The van der Waals surface area contributed by atoms with Crippen molar-refractivity contribution in [2.75, 3.05) is 12.4 Å². The SMILES string of the molecule is COc1cc(F)ccc1NC(=O)CCn1nc2ccccn2c1=O. The van der Waals surface area contributed by atoms with E-state index >= 15 is 0 Å². The van der Waals surface area contributed by atoms with Crippen molar-refractivity contribution in [2.45, 2.75) is 13.0 Å². The fraction of sp³-hybridized carbons (Fsp3) is 0.188. The van der Waals surface area contributed by atoms with Crippen molar-refractivity contribution in [3.63, 3.8) is 0 Å². The average molecular weight is 330 g/mol. The molecule has 24 heavy (non-hydrogen) atoms. The molecule has 0 aliphatic carbocycles. The molecule has 2 aromatic heterocycles. The van der Waals surface area contributed by atoms with Gasteiger partial charge in [-0.15, -0.1) is 5.10 Å². The van der Waals surface area contributed by atoms with Crippen LogP contribution in [-0.2, 0) is 11.3 Å². The van der Waals surface area contributed by atoms with E-state index in [0.29, 0.717) is 11.3 Å². The molecule has 0 radical (unpaired) electrons. The van der Waals surface area contributed by atoms with Crippen LogP contribution in [0.15, 0.2) is 47.4 Å². The van der Waals surface area contributed by atoms with E-state index in [9.17, 15) is 14.0 Å². The van der Waals surface area contributed by atoms with Gasteiger partial charge in [-0.05, 0) is 24.3 Å². The van der Waals surface area contributed by atoms with Gasteiger partial charge in [0.1, 0.15) is 11.6 Å². The van der Waals surface area contributed by atoms with Crippen LogP contribution in [-0.4, -0.2) is 27.2 Å². The number of aromatic nitrogens is 3. The summed E-state index contributed by atoms with van der Waals surface area (Å²) in [6.45, 7) is 0.135. The van der Waals surface area contributed by atoms with Gasteiger partial charge in [0.25, 0.3) is 0 Å². The third-order valence-corrected chi connectivity index (χ3v) is 3.48. The first-order valence-electron chi connectivity index (χ1n) is 7.26. The first kappa shape index (κ1) is 15.7. The second-order valence-corrected chi connectivity index (χ2v) is 5.08. The quantitative estimate of drug-likeness (QED) is 0.772. The highest BCUT2D eigenvalue weighted by atomic mass is 19.1. The number of rotatable bonds is 5. The van der Waals surface area contributed by atoms with E-state index < -0.39 is 5.82 Å². The highest BCUT2D eigenvalue weighted by Crippen LogP contribution is 2.24. The van der Waals surface area contributed by atoms with Crippen molar-refractivity contribution in [3.05, 3.63) is 58.9 Å². The number of carbonyl (C=O) groups is 1. The Morgan fingerprint density at radius 2 is 2.17 bits per heavy atom. The molecule has 0 bridgehead atoms. The molecule has 124 valence electrons. The van der Waals surface area contributed by atoms with E-state index in [2.05, 4.69) is 10.4 Å². The Morgan fingerprint density at radius 1 is 1.33 bits per heavy atom. The van der Waals surface area contributed by atoms with Gasteiger partial charge in [-0.2, -0.15) is 0 Å². The lowest BCUT2D eigenvalue weighted by atomic mass is 10.2. The smallest absolute Gasteiger partial charge is 0.350 e. The van der Waals surface area contributed by atoms with Gasteiger partial charge in [0.05, 0.1) is 19.3 Å². The summed E-state index contributed by atoms with van der Waals surface area (Å²) in [7, 11) is 1.39. The first-order valence-corrected chi connectivity index (χ1v) is 7.26. The van der Waals surface area contributed by atoms with Gasteiger partial charge in [0, 0.05) is 18.7 Å². The number of methoxy groups -OCH3 is 1. The summed E-state index contributed by atoms with van der Waals surface area (Å²) in [5.41, 5.74) is 0.576. The number of benzene rings is 1. The molecule has 0 aliphatic heterocycles. The van der Waals surface area contributed by atoms with Crippen LogP contribution < -0.4 is 15.7 Å². The molecular formula is C16H15FN4O3. The lowest BCUT2D eigenvalue weighted by Crippen LogP contribution is -2.24. The van der Waals surface area contributed by atoms with Crippen molar-refractivity contribution in [1.29, 1.82) is 0 Å². The van der Waals surface area contributed by atoms with Crippen LogP contribution >= 0.6 is 0 Å². The molecule has 2 heterocycles. The standard InChI is InChI=1S/C16H15FN4O3/c1-24-13-10-11(17)5-6-12(13)18-15(22)7-9-21-16(23)20-8-3-2-4-14(20)19-21/h2-6,8,10H,7,9H2,1H3,(H,18,22). The third-order valence-electron chi connectivity index (χ3n) is 3.48. The molecule has 3 rings (SSSR count). The minimum absolute atomic E-state index is 0.0460. The monoisotopic (exact) mass is 330 g/mol. The molecule has 0 aliphatic rings. The van der Waals surface area contributed by atoms with Gasteiger partial charge in [-0.1, -0.05) is 6.07 Å². The van der Waals surface area contributed by atoms with Gasteiger partial charge in [0.2, 0.25) is 5.91 Å². The Balaban J connectivity index is 1.69. The van der Waals surface area contributed by atoms with Crippen LogP contribution in [0, 0.1) is 5.82 Å². The Bertz CT molecular complexity index is 948. The van der Waals surface area contributed by atoms with Crippen LogP contribution in [0.3, 0.4) is 0 Å². The summed E-state index contributed by atoms with van der Waals surface area (Å²) in [5.74, 6) is -0.557. The number of nitrogens with zero attached hydrogens (tertiary/aromatic N) is 3. The van der Waals surface area contributed by atoms with Gasteiger partial charge in [0.15, 0.2) is 5.65 Å². The molecule has 0 saturated heterocycles. The molecule has 1 aromatic carbocycles. The fourth-order valence-electron chi connectivity index (χ4n) is 2.30. The number of halogens is 1. The first-order chi connectivity index (χ1) is 11.6. The van der Waals surface area contributed by atoms with Gasteiger partial charge in [-0.3, -0.25) is 9.20 Å². The van der Waals surface area contributed by atoms with Crippen molar-refractivity contribution < 1.29 is 13.9 Å². The lowest BCUT2D eigenvalue weighted by molar-refractivity contribution is -0.116. The van der Waals surface area contributed by atoms with Gasteiger partial charge < -0.3 is 10.1 Å². The number of hydrogen-bond acceptors (Lipinski definition) is 4. The highest BCUT2D eigenvalue weighted by Gasteiger charge is 2.11. The molecule has 0 saturated carbocycles. The number of amides is 1. The number of ether oxygens (including phenoxy) is 1. The summed E-state index contributed by atoms with van der Waals surface area (Å²) in [4.78, 5) is 24.2. The third kappa shape index (κ3) is 3.12. The molecule has 0 atom stereocenters. The summed E-state index contributed by atoms with van der Waals surface area (Å²) >= 11 is 0. The molecule has 0 fully saturated rings. The van der Waals surface area contributed by atoms with E-state index in [1.54, 1.807) is 24.4 Å². The van der Waals surface area contributed by atoms with E-state index in [0.717, 1.165) is 0 Å². The average Bonchev–Trinajstić information content (AvgIpc) is 2.91. The van der Waals surface area contributed by atoms with E-state index in [-0.39, 0.29) is 30.3 Å². The van der Waals surface area contributed by atoms with Crippen LogP contribution in [0.4, 0.5) is 10.1 Å². The fourth-order valence-corrected chi connectivity index (χ4v) is 2.30. The van der Waals surface area contributed by atoms with Crippen molar-refractivity contribution in [2.24, 2.45) is 0 Å². The maximum absolute atomic E-state index is 13.1. The van der Waals surface area contributed by atoms with Gasteiger partial charge >= 0.3 is 5.69 Å². The number of aryl methyl sites for hydroxylation is 1. The van der Waals surface area contributed by atoms with Crippen molar-refractivity contribution >= 4 is 17.2 Å². The number of carbonyl (C=O) groups excluding carboxylic acids is 1.